The van der Waals surface area contributed by atoms with Crippen molar-refractivity contribution in [2.45, 2.75) is 18.9 Å². The average Bonchev–Trinajstić information content (AvgIpc) is 2.20. The van der Waals surface area contributed by atoms with Gasteiger partial charge in [-0.3, -0.25) is 0 Å². The molecule has 82 valence electrons. The maximum atomic E-state index is 5.62. The Labute approximate surface area is 87.1 Å². The van der Waals surface area contributed by atoms with Gasteiger partial charge in [-0.05, 0) is 26.4 Å². The zero-order valence-corrected chi connectivity index (χ0v) is 9.17. The van der Waals surface area contributed by atoms with Crippen LogP contribution in [0.1, 0.15) is 12.8 Å². The first-order chi connectivity index (χ1) is 6.83. The summed E-state index contributed by atoms with van der Waals surface area (Å²) >= 11 is 0. The van der Waals surface area contributed by atoms with E-state index in [-0.39, 0.29) is 0 Å². The number of likely N-dealkylation sites (N-methyl/N-ethyl adjacent to an activating group) is 1. The van der Waals surface area contributed by atoms with Crippen molar-refractivity contribution < 1.29 is 4.74 Å². The summed E-state index contributed by atoms with van der Waals surface area (Å²) in [7, 11) is 2.13. The molecule has 3 heteroatoms. The highest BCUT2D eigenvalue weighted by Crippen LogP contribution is 2.05. The normalized spacial score (nSPS) is 22.6. The van der Waals surface area contributed by atoms with E-state index >= 15 is 0 Å². The molecule has 1 aliphatic heterocycles. The summed E-state index contributed by atoms with van der Waals surface area (Å²) in [6.45, 7) is 8.72. The van der Waals surface area contributed by atoms with Crippen molar-refractivity contribution in [2.24, 2.45) is 0 Å². The Morgan fingerprint density at radius 2 is 2.50 bits per heavy atom. The van der Waals surface area contributed by atoms with E-state index in [0.29, 0.717) is 6.10 Å². The SMILES string of the molecule is C=CCN(C)CCCC1CNCCO1. The lowest BCUT2D eigenvalue weighted by Gasteiger charge is -2.24. The van der Waals surface area contributed by atoms with Crippen LogP contribution in [0.15, 0.2) is 12.7 Å². The molecule has 0 amide bonds. The van der Waals surface area contributed by atoms with E-state index < -0.39 is 0 Å². The molecule has 0 aromatic heterocycles. The number of hydrogen-bond donors (Lipinski definition) is 1. The summed E-state index contributed by atoms with van der Waals surface area (Å²) in [6.07, 6.45) is 4.74. The van der Waals surface area contributed by atoms with Gasteiger partial charge in [-0.15, -0.1) is 6.58 Å². The molecule has 0 bridgehead atoms. The summed E-state index contributed by atoms with van der Waals surface area (Å²) in [5, 5.41) is 3.34. The Hall–Kier alpha value is -0.380. The number of ether oxygens (including phenoxy) is 1. The molecule has 1 unspecified atom stereocenters. The molecule has 1 fully saturated rings. The van der Waals surface area contributed by atoms with Gasteiger partial charge in [0.1, 0.15) is 0 Å². The van der Waals surface area contributed by atoms with Gasteiger partial charge < -0.3 is 15.0 Å². The highest BCUT2D eigenvalue weighted by atomic mass is 16.5. The lowest BCUT2D eigenvalue weighted by atomic mass is 10.1. The van der Waals surface area contributed by atoms with Gasteiger partial charge in [0, 0.05) is 19.6 Å². The van der Waals surface area contributed by atoms with Crippen molar-refractivity contribution in [3.05, 3.63) is 12.7 Å². The minimum absolute atomic E-state index is 0.431. The van der Waals surface area contributed by atoms with Gasteiger partial charge in [0.15, 0.2) is 0 Å². The second-order valence-electron chi connectivity index (χ2n) is 3.89. The van der Waals surface area contributed by atoms with Gasteiger partial charge in [-0.1, -0.05) is 6.08 Å². The maximum absolute atomic E-state index is 5.62. The highest BCUT2D eigenvalue weighted by molar-refractivity contribution is 4.72. The zero-order valence-electron chi connectivity index (χ0n) is 9.17. The summed E-state index contributed by atoms with van der Waals surface area (Å²) in [5.74, 6) is 0. The molecule has 14 heavy (non-hydrogen) atoms. The van der Waals surface area contributed by atoms with Crippen LogP contribution in [0.5, 0.6) is 0 Å². The van der Waals surface area contributed by atoms with E-state index in [0.717, 1.165) is 39.2 Å². The minimum Gasteiger partial charge on any atom is -0.376 e. The van der Waals surface area contributed by atoms with Crippen molar-refractivity contribution >= 4 is 0 Å². The molecule has 0 radical (unpaired) electrons. The molecule has 1 saturated heterocycles. The molecule has 1 N–H and O–H groups in total. The lowest BCUT2D eigenvalue weighted by Crippen LogP contribution is -2.38. The second kappa shape index (κ2) is 6.98. The molecular weight excluding hydrogens is 176 g/mol. The first-order valence-corrected chi connectivity index (χ1v) is 5.44. The van der Waals surface area contributed by atoms with Crippen molar-refractivity contribution in [1.29, 1.82) is 0 Å². The topological polar surface area (TPSA) is 24.5 Å². The molecular formula is C11H22N2O. The van der Waals surface area contributed by atoms with Gasteiger partial charge in [0.2, 0.25) is 0 Å². The molecule has 0 saturated carbocycles. The number of morpholine rings is 1. The first kappa shape index (κ1) is 11.7. The quantitative estimate of drug-likeness (QED) is 0.641. The fourth-order valence-electron chi connectivity index (χ4n) is 1.71. The third kappa shape index (κ3) is 4.74. The molecule has 3 nitrogen and oxygen atoms in total. The van der Waals surface area contributed by atoms with Crippen LogP contribution in [0.25, 0.3) is 0 Å². The van der Waals surface area contributed by atoms with Crippen molar-refractivity contribution in [3.8, 4) is 0 Å². The molecule has 1 heterocycles. The lowest BCUT2D eigenvalue weighted by molar-refractivity contribution is 0.0213. The van der Waals surface area contributed by atoms with E-state index in [2.05, 4.69) is 23.8 Å². The van der Waals surface area contributed by atoms with Crippen LogP contribution in [0, 0.1) is 0 Å². The van der Waals surface area contributed by atoms with Crippen molar-refractivity contribution in [2.75, 3.05) is 39.8 Å². The van der Waals surface area contributed by atoms with Crippen molar-refractivity contribution in [1.82, 2.24) is 10.2 Å². The Balaban J connectivity index is 1.99. The van der Waals surface area contributed by atoms with E-state index in [1.54, 1.807) is 0 Å². The third-order valence-electron chi connectivity index (χ3n) is 2.51. The number of nitrogens with one attached hydrogen (secondary N) is 1. The Bertz CT molecular complexity index is 155. The Morgan fingerprint density at radius 1 is 1.64 bits per heavy atom. The van der Waals surface area contributed by atoms with Crippen LogP contribution in [0.4, 0.5) is 0 Å². The monoisotopic (exact) mass is 198 g/mol. The summed E-state index contributed by atoms with van der Waals surface area (Å²) < 4.78 is 5.62. The highest BCUT2D eigenvalue weighted by Gasteiger charge is 2.12. The third-order valence-corrected chi connectivity index (χ3v) is 2.51. The fraction of sp³-hybridized carbons (Fsp3) is 0.818. The zero-order chi connectivity index (χ0) is 10.2. The molecule has 1 atom stereocenters. The standard InChI is InChI=1S/C11H22N2O/c1-3-7-13(2)8-4-5-11-10-12-6-9-14-11/h3,11-12H,1,4-10H2,2H3. The summed E-state index contributed by atoms with van der Waals surface area (Å²) in [4.78, 5) is 2.28. The first-order valence-electron chi connectivity index (χ1n) is 5.44. The summed E-state index contributed by atoms with van der Waals surface area (Å²) in [5.41, 5.74) is 0. The minimum atomic E-state index is 0.431. The maximum Gasteiger partial charge on any atom is 0.0700 e. The van der Waals surface area contributed by atoms with Gasteiger partial charge in [-0.2, -0.15) is 0 Å². The molecule has 1 rings (SSSR count). The van der Waals surface area contributed by atoms with Crippen LogP contribution in [0.2, 0.25) is 0 Å². The van der Waals surface area contributed by atoms with E-state index in [1.165, 1.54) is 6.42 Å². The van der Waals surface area contributed by atoms with Gasteiger partial charge >= 0.3 is 0 Å². The second-order valence-corrected chi connectivity index (χ2v) is 3.89. The van der Waals surface area contributed by atoms with Crippen LogP contribution in [0.3, 0.4) is 0 Å². The van der Waals surface area contributed by atoms with Crippen LogP contribution < -0.4 is 5.32 Å². The van der Waals surface area contributed by atoms with Crippen LogP contribution >= 0.6 is 0 Å². The van der Waals surface area contributed by atoms with Gasteiger partial charge in [0.25, 0.3) is 0 Å². The number of hydrogen-bond acceptors (Lipinski definition) is 3. The van der Waals surface area contributed by atoms with Gasteiger partial charge in [-0.25, -0.2) is 0 Å². The predicted molar refractivity (Wildman–Crippen MR) is 59.5 cm³/mol. The smallest absolute Gasteiger partial charge is 0.0700 e. The molecule has 1 aliphatic rings. The van der Waals surface area contributed by atoms with E-state index in [1.807, 2.05) is 6.08 Å². The molecule has 0 spiro atoms. The largest absolute Gasteiger partial charge is 0.376 e. The fourth-order valence-corrected chi connectivity index (χ4v) is 1.71. The molecule has 0 aliphatic carbocycles. The van der Waals surface area contributed by atoms with E-state index in [9.17, 15) is 0 Å². The summed E-state index contributed by atoms with van der Waals surface area (Å²) in [6, 6.07) is 0. The van der Waals surface area contributed by atoms with Crippen LogP contribution in [-0.4, -0.2) is 50.8 Å². The van der Waals surface area contributed by atoms with Gasteiger partial charge in [0.05, 0.1) is 12.7 Å². The number of rotatable bonds is 6. The molecule has 0 aromatic carbocycles. The van der Waals surface area contributed by atoms with Crippen LogP contribution in [-0.2, 0) is 4.74 Å². The Kier molecular flexibility index (Phi) is 5.83. The predicted octanol–water partition coefficient (Wildman–Crippen LogP) is 0.873. The Morgan fingerprint density at radius 3 is 3.14 bits per heavy atom. The average molecular weight is 198 g/mol. The molecule has 0 aromatic rings. The number of nitrogens with zero attached hydrogens (tertiary/aromatic N) is 1. The van der Waals surface area contributed by atoms with Crippen molar-refractivity contribution in [3.63, 3.8) is 0 Å². The van der Waals surface area contributed by atoms with E-state index in [4.69, 9.17) is 4.74 Å².